The van der Waals surface area contributed by atoms with Crippen molar-refractivity contribution in [2.24, 2.45) is 5.41 Å². The van der Waals surface area contributed by atoms with Crippen LogP contribution in [0.3, 0.4) is 0 Å². The fourth-order valence-electron chi connectivity index (χ4n) is 4.10. The molecular weight excluding hydrogens is 334 g/mol. The van der Waals surface area contributed by atoms with Crippen LogP contribution >= 0.6 is 11.3 Å². The molecule has 2 aromatic rings. The number of nitrogens with one attached hydrogen (secondary N) is 1. The van der Waals surface area contributed by atoms with Crippen molar-refractivity contribution in [3.8, 4) is 0 Å². The molecule has 4 heterocycles. The zero-order valence-electron chi connectivity index (χ0n) is 14.7. The van der Waals surface area contributed by atoms with Gasteiger partial charge in [0.2, 0.25) is 5.82 Å². The fraction of sp³-hybridized carbons (Fsp3) is 0.611. The minimum absolute atomic E-state index is 0.103. The standard InChI is InChI=1S/C18H25N5OS/c1-2-19-17(24)16-21-20-15-5-6-18(13-23(15)16)7-9-22(10-8-18)12-14-4-3-11-25-14/h3-4,11H,2,5-10,12-13H2,1H3,(H,19,24). The number of amides is 1. The normalized spacial score (nSPS) is 19.7. The summed E-state index contributed by atoms with van der Waals surface area (Å²) in [6.45, 7) is 6.75. The van der Waals surface area contributed by atoms with Gasteiger partial charge in [-0.05, 0) is 56.1 Å². The average molecular weight is 359 g/mol. The molecule has 134 valence electrons. The maximum absolute atomic E-state index is 12.2. The lowest BCUT2D eigenvalue weighted by atomic mass is 9.73. The summed E-state index contributed by atoms with van der Waals surface area (Å²) in [4.78, 5) is 16.2. The first-order chi connectivity index (χ1) is 12.2. The molecule has 6 nitrogen and oxygen atoms in total. The van der Waals surface area contributed by atoms with Gasteiger partial charge in [-0.25, -0.2) is 0 Å². The lowest BCUT2D eigenvalue weighted by Gasteiger charge is -2.44. The van der Waals surface area contributed by atoms with Gasteiger partial charge in [-0.1, -0.05) is 6.07 Å². The smallest absolute Gasteiger partial charge is 0.289 e. The quantitative estimate of drug-likeness (QED) is 0.910. The highest BCUT2D eigenvalue weighted by Gasteiger charge is 2.39. The van der Waals surface area contributed by atoms with E-state index in [0.29, 0.717) is 17.8 Å². The number of aryl methyl sites for hydroxylation is 1. The van der Waals surface area contributed by atoms with Gasteiger partial charge < -0.3 is 9.88 Å². The number of nitrogens with zero attached hydrogens (tertiary/aromatic N) is 4. The zero-order valence-corrected chi connectivity index (χ0v) is 15.5. The van der Waals surface area contributed by atoms with Gasteiger partial charge in [-0.2, -0.15) is 0 Å². The predicted molar refractivity (Wildman–Crippen MR) is 97.6 cm³/mol. The van der Waals surface area contributed by atoms with Crippen LogP contribution in [0.1, 0.15) is 47.5 Å². The molecule has 0 atom stereocenters. The van der Waals surface area contributed by atoms with E-state index >= 15 is 0 Å². The first-order valence-electron chi connectivity index (χ1n) is 9.14. The van der Waals surface area contributed by atoms with Crippen LogP contribution in [0.2, 0.25) is 0 Å². The zero-order chi connectivity index (χ0) is 17.3. The maximum Gasteiger partial charge on any atom is 0.289 e. The van der Waals surface area contributed by atoms with Crippen LogP contribution in [0.4, 0.5) is 0 Å². The number of hydrogen-bond acceptors (Lipinski definition) is 5. The molecule has 0 unspecified atom stereocenters. The van der Waals surface area contributed by atoms with Gasteiger partial charge >= 0.3 is 0 Å². The topological polar surface area (TPSA) is 63.1 Å². The van der Waals surface area contributed by atoms with Crippen molar-refractivity contribution in [2.75, 3.05) is 19.6 Å². The number of carbonyl (C=O) groups excluding carboxylic acids is 1. The van der Waals surface area contributed by atoms with Crippen LogP contribution in [0.25, 0.3) is 0 Å². The molecular formula is C18H25N5OS. The number of fused-ring (bicyclic) bond motifs is 1. The van der Waals surface area contributed by atoms with E-state index in [9.17, 15) is 4.79 Å². The summed E-state index contributed by atoms with van der Waals surface area (Å²) in [7, 11) is 0. The van der Waals surface area contributed by atoms with E-state index in [2.05, 4.69) is 42.5 Å². The summed E-state index contributed by atoms with van der Waals surface area (Å²) in [5, 5.41) is 13.4. The van der Waals surface area contributed by atoms with Crippen LogP contribution in [0.5, 0.6) is 0 Å². The summed E-state index contributed by atoms with van der Waals surface area (Å²) in [6.07, 6.45) is 4.46. The highest BCUT2D eigenvalue weighted by molar-refractivity contribution is 7.09. The van der Waals surface area contributed by atoms with E-state index in [1.54, 1.807) is 0 Å². The molecule has 0 saturated carbocycles. The number of hydrogen-bond donors (Lipinski definition) is 1. The minimum Gasteiger partial charge on any atom is -0.350 e. The first kappa shape index (κ1) is 16.7. The lowest BCUT2D eigenvalue weighted by Crippen LogP contribution is -2.44. The van der Waals surface area contributed by atoms with E-state index in [0.717, 1.165) is 44.8 Å². The van der Waals surface area contributed by atoms with E-state index in [1.165, 1.54) is 17.7 Å². The van der Waals surface area contributed by atoms with Crippen molar-refractivity contribution in [3.05, 3.63) is 34.0 Å². The molecule has 4 rings (SSSR count). The maximum atomic E-state index is 12.2. The van der Waals surface area contributed by atoms with Crippen molar-refractivity contribution < 1.29 is 4.79 Å². The highest BCUT2D eigenvalue weighted by Crippen LogP contribution is 2.41. The molecule has 0 bridgehead atoms. The first-order valence-corrected chi connectivity index (χ1v) is 10.0. The molecule has 1 amide bonds. The second-order valence-electron chi connectivity index (χ2n) is 7.24. The van der Waals surface area contributed by atoms with Gasteiger partial charge in [0, 0.05) is 30.9 Å². The number of aromatic nitrogens is 3. The van der Waals surface area contributed by atoms with Gasteiger partial charge in [0.15, 0.2) is 0 Å². The van der Waals surface area contributed by atoms with E-state index in [1.807, 2.05) is 18.3 Å². The van der Waals surface area contributed by atoms with Gasteiger partial charge in [-0.3, -0.25) is 9.69 Å². The molecule has 1 fully saturated rings. The number of piperidine rings is 1. The minimum atomic E-state index is -0.103. The molecule has 0 aliphatic carbocycles. The third-order valence-electron chi connectivity index (χ3n) is 5.62. The molecule has 7 heteroatoms. The van der Waals surface area contributed by atoms with Gasteiger partial charge in [0.25, 0.3) is 5.91 Å². The predicted octanol–water partition coefficient (Wildman–Crippen LogP) is 2.32. The van der Waals surface area contributed by atoms with Crippen molar-refractivity contribution in [1.29, 1.82) is 0 Å². The Morgan fingerprint density at radius 3 is 2.88 bits per heavy atom. The fourth-order valence-corrected chi connectivity index (χ4v) is 4.85. The Kier molecular flexibility index (Phi) is 4.60. The highest BCUT2D eigenvalue weighted by atomic mass is 32.1. The Bertz CT molecular complexity index is 731. The molecule has 1 N–H and O–H groups in total. The van der Waals surface area contributed by atoms with E-state index in [-0.39, 0.29) is 5.91 Å². The summed E-state index contributed by atoms with van der Waals surface area (Å²) in [6, 6.07) is 4.35. The van der Waals surface area contributed by atoms with Crippen LogP contribution in [0.15, 0.2) is 17.5 Å². The molecule has 2 aliphatic heterocycles. The van der Waals surface area contributed by atoms with Crippen LogP contribution in [-0.2, 0) is 19.5 Å². The Morgan fingerprint density at radius 2 is 2.16 bits per heavy atom. The number of likely N-dealkylation sites (tertiary alicyclic amines) is 1. The Balaban J connectivity index is 1.44. The van der Waals surface area contributed by atoms with Crippen molar-refractivity contribution in [1.82, 2.24) is 25.0 Å². The molecule has 1 saturated heterocycles. The summed E-state index contributed by atoms with van der Waals surface area (Å²) < 4.78 is 2.07. The van der Waals surface area contributed by atoms with Crippen LogP contribution in [-0.4, -0.2) is 45.2 Å². The Hall–Kier alpha value is -1.73. The Labute approximate surface area is 152 Å². The molecule has 2 aromatic heterocycles. The number of thiophene rings is 1. The van der Waals surface area contributed by atoms with Crippen LogP contribution < -0.4 is 5.32 Å². The summed E-state index contributed by atoms with van der Waals surface area (Å²) in [5.41, 5.74) is 0.294. The number of carbonyl (C=O) groups is 1. The molecule has 2 aliphatic rings. The second kappa shape index (κ2) is 6.88. The monoisotopic (exact) mass is 359 g/mol. The third kappa shape index (κ3) is 3.35. The average Bonchev–Trinajstić information content (AvgIpc) is 3.26. The van der Waals surface area contributed by atoms with E-state index in [4.69, 9.17) is 0 Å². The molecule has 0 aromatic carbocycles. The molecule has 0 radical (unpaired) electrons. The van der Waals surface area contributed by atoms with Crippen LogP contribution in [0, 0.1) is 5.41 Å². The van der Waals surface area contributed by atoms with Gasteiger partial charge in [0.05, 0.1) is 0 Å². The largest absolute Gasteiger partial charge is 0.350 e. The third-order valence-corrected chi connectivity index (χ3v) is 6.48. The number of rotatable bonds is 4. The summed E-state index contributed by atoms with van der Waals surface area (Å²) in [5.74, 6) is 1.35. The van der Waals surface area contributed by atoms with Gasteiger partial charge in [-0.15, -0.1) is 21.5 Å². The lowest BCUT2D eigenvalue weighted by molar-refractivity contribution is 0.0623. The second-order valence-corrected chi connectivity index (χ2v) is 8.27. The van der Waals surface area contributed by atoms with E-state index < -0.39 is 0 Å². The molecule has 25 heavy (non-hydrogen) atoms. The SMILES string of the molecule is CCNC(=O)c1nnc2n1CC1(CC2)CCN(Cc2cccs2)CC1. The Morgan fingerprint density at radius 1 is 1.32 bits per heavy atom. The molecule has 1 spiro atoms. The van der Waals surface area contributed by atoms with Crippen molar-refractivity contribution in [2.45, 2.75) is 45.7 Å². The van der Waals surface area contributed by atoms with Crippen molar-refractivity contribution in [3.63, 3.8) is 0 Å². The van der Waals surface area contributed by atoms with Gasteiger partial charge in [0.1, 0.15) is 5.82 Å². The summed E-state index contributed by atoms with van der Waals surface area (Å²) >= 11 is 1.84. The van der Waals surface area contributed by atoms with Crippen molar-refractivity contribution >= 4 is 17.2 Å².